The second kappa shape index (κ2) is 7.02. The van der Waals surface area contributed by atoms with Crippen LogP contribution >= 0.6 is 0 Å². The Balaban J connectivity index is 1.73. The summed E-state index contributed by atoms with van der Waals surface area (Å²) in [6, 6.07) is 0. The Hall–Kier alpha value is -1.43. The molecule has 0 spiro atoms. The van der Waals surface area contributed by atoms with Gasteiger partial charge in [0.2, 0.25) is 5.91 Å². The second-order valence-electron chi connectivity index (χ2n) is 6.31. The smallest absolute Gasteiger partial charge is 0.340 e. The van der Waals surface area contributed by atoms with Crippen molar-refractivity contribution < 1.29 is 14.4 Å². The molecule has 0 saturated carbocycles. The number of amides is 1. The molecule has 2 heterocycles. The van der Waals surface area contributed by atoms with E-state index in [0.717, 1.165) is 32.7 Å². The summed E-state index contributed by atoms with van der Waals surface area (Å²) >= 11 is 0. The number of carbonyl (C=O) groups excluding carboxylic acids is 2. The summed E-state index contributed by atoms with van der Waals surface area (Å²) in [5.74, 6) is 0.118. The molecule has 6 nitrogen and oxygen atoms in total. The van der Waals surface area contributed by atoms with Crippen LogP contribution in [-0.4, -0.2) is 60.1 Å². The molecular weight excluding hydrogens is 270 g/mol. The fraction of sp³-hybridized carbons (Fsp3) is 0.800. The first-order valence-electron chi connectivity index (χ1n) is 7.73. The van der Waals surface area contributed by atoms with Gasteiger partial charge in [-0.1, -0.05) is 19.0 Å². The van der Waals surface area contributed by atoms with E-state index in [-0.39, 0.29) is 17.8 Å². The van der Waals surface area contributed by atoms with Gasteiger partial charge >= 0.3 is 5.97 Å². The van der Waals surface area contributed by atoms with Crippen molar-refractivity contribution >= 4 is 17.6 Å². The highest BCUT2D eigenvalue weighted by Crippen LogP contribution is 2.18. The van der Waals surface area contributed by atoms with Gasteiger partial charge in [-0.25, -0.2) is 4.79 Å². The number of hydrogen-bond acceptors (Lipinski definition) is 5. The first-order chi connectivity index (χ1) is 9.97. The van der Waals surface area contributed by atoms with Crippen molar-refractivity contribution in [2.45, 2.75) is 33.6 Å². The minimum absolute atomic E-state index is 0.131. The van der Waals surface area contributed by atoms with Crippen molar-refractivity contribution in [3.63, 3.8) is 0 Å². The van der Waals surface area contributed by atoms with Gasteiger partial charge in [-0.05, 0) is 19.3 Å². The van der Waals surface area contributed by atoms with Crippen molar-refractivity contribution in [1.82, 2.24) is 9.80 Å². The SMILES string of the molecule is CC1=NOC(=O)C1CCC(=O)N1CCN(CC(C)C)CC1. The summed E-state index contributed by atoms with van der Waals surface area (Å²) in [5, 5.41) is 3.66. The van der Waals surface area contributed by atoms with Gasteiger partial charge in [0.05, 0.1) is 5.71 Å². The molecule has 1 amide bonds. The molecule has 21 heavy (non-hydrogen) atoms. The lowest BCUT2D eigenvalue weighted by Crippen LogP contribution is -2.49. The highest BCUT2D eigenvalue weighted by molar-refractivity contribution is 6.03. The van der Waals surface area contributed by atoms with Gasteiger partial charge in [0.1, 0.15) is 5.92 Å². The molecule has 2 aliphatic heterocycles. The first-order valence-corrected chi connectivity index (χ1v) is 7.73. The fourth-order valence-electron chi connectivity index (χ4n) is 2.86. The number of hydrogen-bond donors (Lipinski definition) is 0. The average molecular weight is 295 g/mol. The van der Waals surface area contributed by atoms with Crippen LogP contribution in [0.3, 0.4) is 0 Å². The van der Waals surface area contributed by atoms with Crippen molar-refractivity contribution in [1.29, 1.82) is 0 Å². The summed E-state index contributed by atoms with van der Waals surface area (Å²) in [5.41, 5.74) is 0.676. The van der Waals surface area contributed by atoms with Crippen molar-refractivity contribution in [3.05, 3.63) is 0 Å². The standard InChI is InChI=1S/C15H25N3O3/c1-11(2)10-17-6-8-18(9-7-17)14(19)5-4-13-12(3)16-21-15(13)20/h11,13H,4-10H2,1-3H3. The monoisotopic (exact) mass is 295 g/mol. The zero-order valence-corrected chi connectivity index (χ0v) is 13.2. The van der Waals surface area contributed by atoms with E-state index in [1.165, 1.54) is 0 Å². The highest BCUT2D eigenvalue weighted by atomic mass is 16.7. The number of rotatable bonds is 5. The minimum atomic E-state index is -0.337. The number of piperazine rings is 1. The van der Waals surface area contributed by atoms with E-state index >= 15 is 0 Å². The lowest BCUT2D eigenvalue weighted by Gasteiger charge is -2.35. The van der Waals surface area contributed by atoms with Gasteiger partial charge < -0.3 is 9.74 Å². The molecule has 6 heteroatoms. The maximum Gasteiger partial charge on any atom is 0.343 e. The lowest BCUT2D eigenvalue weighted by atomic mass is 9.99. The molecule has 1 fully saturated rings. The second-order valence-corrected chi connectivity index (χ2v) is 6.31. The van der Waals surface area contributed by atoms with Crippen LogP contribution in [0.5, 0.6) is 0 Å². The molecule has 0 aliphatic carbocycles. The average Bonchev–Trinajstić information content (AvgIpc) is 2.75. The molecule has 0 radical (unpaired) electrons. The Morgan fingerprint density at radius 3 is 2.52 bits per heavy atom. The van der Waals surface area contributed by atoms with Gasteiger partial charge in [0.25, 0.3) is 0 Å². The Bertz CT molecular complexity index is 426. The van der Waals surface area contributed by atoms with Crippen molar-refractivity contribution in [3.8, 4) is 0 Å². The normalized spacial score (nSPS) is 23.4. The number of oxime groups is 1. The first kappa shape index (κ1) is 15.9. The van der Waals surface area contributed by atoms with E-state index in [1.807, 2.05) is 4.90 Å². The molecule has 0 aromatic carbocycles. The molecular formula is C15H25N3O3. The quantitative estimate of drug-likeness (QED) is 0.713. The predicted molar refractivity (Wildman–Crippen MR) is 79.8 cm³/mol. The summed E-state index contributed by atoms with van der Waals surface area (Å²) in [7, 11) is 0. The molecule has 2 rings (SSSR count). The highest BCUT2D eigenvalue weighted by Gasteiger charge is 2.31. The maximum absolute atomic E-state index is 12.2. The Kier molecular flexibility index (Phi) is 5.33. The van der Waals surface area contributed by atoms with Crippen LogP contribution in [0.1, 0.15) is 33.6 Å². The third kappa shape index (κ3) is 4.27. The van der Waals surface area contributed by atoms with E-state index in [0.29, 0.717) is 24.5 Å². The molecule has 1 saturated heterocycles. The molecule has 2 aliphatic rings. The van der Waals surface area contributed by atoms with Gasteiger partial charge in [0, 0.05) is 39.1 Å². The third-order valence-electron chi connectivity index (χ3n) is 4.06. The molecule has 0 N–H and O–H groups in total. The van der Waals surface area contributed by atoms with Crippen LogP contribution in [0.4, 0.5) is 0 Å². The topological polar surface area (TPSA) is 62.2 Å². The molecule has 0 aromatic rings. The Morgan fingerprint density at radius 1 is 1.33 bits per heavy atom. The van der Waals surface area contributed by atoms with E-state index in [4.69, 9.17) is 0 Å². The molecule has 118 valence electrons. The lowest BCUT2D eigenvalue weighted by molar-refractivity contribution is -0.143. The molecule has 1 atom stereocenters. The number of nitrogens with zero attached hydrogens (tertiary/aromatic N) is 3. The van der Waals surface area contributed by atoms with Crippen LogP contribution in [0, 0.1) is 11.8 Å². The van der Waals surface area contributed by atoms with E-state index in [2.05, 4.69) is 28.7 Å². The Labute approximate surface area is 126 Å². The van der Waals surface area contributed by atoms with Crippen molar-refractivity contribution in [2.24, 2.45) is 17.0 Å². The summed E-state index contributed by atoms with van der Waals surface area (Å²) in [4.78, 5) is 32.6. The van der Waals surface area contributed by atoms with Gasteiger partial charge in [-0.2, -0.15) is 0 Å². The summed E-state index contributed by atoms with van der Waals surface area (Å²) < 4.78 is 0. The van der Waals surface area contributed by atoms with Crippen LogP contribution in [0.15, 0.2) is 5.16 Å². The summed E-state index contributed by atoms with van der Waals surface area (Å²) in [6.45, 7) is 10.7. The molecule has 0 aromatic heterocycles. The zero-order valence-electron chi connectivity index (χ0n) is 13.2. The third-order valence-corrected chi connectivity index (χ3v) is 4.06. The fourth-order valence-corrected chi connectivity index (χ4v) is 2.86. The maximum atomic E-state index is 12.2. The molecule has 0 bridgehead atoms. The molecule has 1 unspecified atom stereocenters. The van der Waals surface area contributed by atoms with Crippen LogP contribution in [0.2, 0.25) is 0 Å². The van der Waals surface area contributed by atoms with Crippen molar-refractivity contribution in [2.75, 3.05) is 32.7 Å². The van der Waals surface area contributed by atoms with E-state index in [9.17, 15) is 9.59 Å². The van der Waals surface area contributed by atoms with Crippen LogP contribution in [0.25, 0.3) is 0 Å². The van der Waals surface area contributed by atoms with Gasteiger partial charge in [-0.3, -0.25) is 9.69 Å². The largest absolute Gasteiger partial charge is 0.343 e. The Morgan fingerprint density at radius 2 is 2.00 bits per heavy atom. The van der Waals surface area contributed by atoms with E-state index < -0.39 is 0 Å². The summed E-state index contributed by atoms with van der Waals surface area (Å²) in [6.07, 6.45) is 0.885. The van der Waals surface area contributed by atoms with Gasteiger partial charge in [0.15, 0.2) is 0 Å². The minimum Gasteiger partial charge on any atom is -0.340 e. The van der Waals surface area contributed by atoms with Gasteiger partial charge in [-0.15, -0.1) is 0 Å². The van der Waals surface area contributed by atoms with E-state index in [1.54, 1.807) is 6.92 Å². The number of carbonyl (C=O) groups is 2. The van der Waals surface area contributed by atoms with Crippen LogP contribution in [-0.2, 0) is 14.4 Å². The zero-order chi connectivity index (χ0) is 15.4. The predicted octanol–water partition coefficient (Wildman–Crippen LogP) is 1.12. The van der Waals surface area contributed by atoms with Crippen LogP contribution < -0.4 is 0 Å².